The highest BCUT2D eigenvalue weighted by Crippen LogP contribution is 2.34. The minimum absolute atomic E-state index is 0.0239. The van der Waals surface area contributed by atoms with E-state index in [-0.39, 0.29) is 46.9 Å². The number of fused-ring (bicyclic) bond motifs is 1. The Labute approximate surface area is 216 Å². The summed E-state index contributed by atoms with van der Waals surface area (Å²) in [6, 6.07) is 5.08. The molecular weight excluding hydrogens is 472 g/mol. The Morgan fingerprint density at radius 2 is 1.70 bits per heavy atom. The van der Waals surface area contributed by atoms with Crippen molar-refractivity contribution < 1.29 is 14.3 Å². The molecule has 1 aromatic carbocycles. The van der Waals surface area contributed by atoms with Gasteiger partial charge in [0.05, 0.1) is 17.2 Å². The monoisotopic (exact) mass is 508 g/mol. The SMILES string of the molecule is C=COc1ccc2c(c1)c(=O)n(CC1CCC(C(=O)N3CCN(C(=O)C4CC4)C[C@H]3C)CC1)c(=O)n2C. The maximum absolute atomic E-state index is 13.3. The number of carbonyl (C=O) groups excluding carboxylic acids is 2. The molecule has 0 unspecified atom stereocenters. The molecule has 198 valence electrons. The van der Waals surface area contributed by atoms with Crippen LogP contribution < -0.4 is 16.0 Å². The quantitative estimate of drug-likeness (QED) is 0.559. The maximum Gasteiger partial charge on any atom is 0.331 e. The average Bonchev–Trinajstić information content (AvgIpc) is 3.75. The minimum Gasteiger partial charge on any atom is -0.466 e. The van der Waals surface area contributed by atoms with Crippen LogP contribution in [0.4, 0.5) is 0 Å². The Morgan fingerprint density at radius 3 is 2.35 bits per heavy atom. The normalized spacial score (nSPS) is 24.2. The van der Waals surface area contributed by atoms with Gasteiger partial charge in [0.1, 0.15) is 5.75 Å². The molecule has 1 aromatic heterocycles. The van der Waals surface area contributed by atoms with Crippen molar-refractivity contribution in [2.24, 2.45) is 24.8 Å². The van der Waals surface area contributed by atoms with Crippen LogP contribution in [0.2, 0.25) is 0 Å². The van der Waals surface area contributed by atoms with E-state index in [2.05, 4.69) is 6.58 Å². The van der Waals surface area contributed by atoms with Crippen molar-refractivity contribution >= 4 is 22.7 Å². The van der Waals surface area contributed by atoms with Gasteiger partial charge in [-0.25, -0.2) is 4.79 Å². The van der Waals surface area contributed by atoms with Crippen LogP contribution in [0.3, 0.4) is 0 Å². The number of hydrogen-bond acceptors (Lipinski definition) is 5. The van der Waals surface area contributed by atoms with E-state index in [0.717, 1.165) is 38.5 Å². The van der Waals surface area contributed by atoms with E-state index >= 15 is 0 Å². The lowest BCUT2D eigenvalue weighted by atomic mass is 9.81. The van der Waals surface area contributed by atoms with Crippen molar-refractivity contribution in [1.82, 2.24) is 18.9 Å². The number of benzene rings is 1. The van der Waals surface area contributed by atoms with Crippen molar-refractivity contribution in [3.05, 3.63) is 51.9 Å². The number of nitrogens with zero attached hydrogens (tertiary/aromatic N) is 4. The molecule has 0 radical (unpaired) electrons. The third-order valence-electron chi connectivity index (χ3n) is 8.33. The van der Waals surface area contributed by atoms with Crippen LogP contribution in [-0.4, -0.2) is 56.4 Å². The molecule has 1 atom stereocenters. The third kappa shape index (κ3) is 4.95. The zero-order chi connectivity index (χ0) is 26.3. The number of ether oxygens (including phenoxy) is 1. The standard InChI is InChI=1S/C28H36N4O5/c1-4-37-22-11-12-24-23(15-22)27(35)32(28(36)29(24)3)17-19-5-7-21(8-6-19)26(34)31-14-13-30(16-18(31)2)25(33)20-9-10-20/h4,11-12,15,18-21H,1,5-10,13-14,16-17H2,2-3H3/t18-,19?,21?/m1/s1. The van der Waals surface area contributed by atoms with Gasteiger partial charge in [-0.1, -0.05) is 6.58 Å². The number of piperazine rings is 1. The van der Waals surface area contributed by atoms with E-state index in [9.17, 15) is 19.2 Å². The van der Waals surface area contributed by atoms with Crippen molar-refractivity contribution in [2.45, 2.75) is 58.0 Å². The highest BCUT2D eigenvalue weighted by atomic mass is 16.5. The van der Waals surface area contributed by atoms with E-state index in [4.69, 9.17) is 4.74 Å². The first-order valence-electron chi connectivity index (χ1n) is 13.4. The Balaban J connectivity index is 1.23. The van der Waals surface area contributed by atoms with Gasteiger partial charge in [0, 0.05) is 51.1 Å². The number of hydrogen-bond donors (Lipinski definition) is 0. The molecule has 0 spiro atoms. The molecule has 0 bridgehead atoms. The number of carbonyl (C=O) groups is 2. The maximum atomic E-state index is 13.3. The van der Waals surface area contributed by atoms with Gasteiger partial charge in [-0.05, 0) is 69.6 Å². The second kappa shape index (κ2) is 10.2. The number of amides is 2. The van der Waals surface area contributed by atoms with Gasteiger partial charge in [0.15, 0.2) is 0 Å². The fraction of sp³-hybridized carbons (Fsp3) is 0.571. The van der Waals surface area contributed by atoms with Gasteiger partial charge in [-0.2, -0.15) is 0 Å². The van der Waals surface area contributed by atoms with Crippen LogP contribution in [-0.2, 0) is 23.2 Å². The van der Waals surface area contributed by atoms with Crippen molar-refractivity contribution in [2.75, 3.05) is 19.6 Å². The van der Waals surface area contributed by atoms with Gasteiger partial charge in [0.25, 0.3) is 5.56 Å². The van der Waals surface area contributed by atoms with E-state index in [1.165, 1.54) is 15.4 Å². The second-order valence-corrected chi connectivity index (χ2v) is 10.9. The molecule has 1 aliphatic heterocycles. The fourth-order valence-electron chi connectivity index (χ4n) is 5.98. The molecule has 5 rings (SSSR count). The van der Waals surface area contributed by atoms with Crippen molar-refractivity contribution in [3.8, 4) is 5.75 Å². The van der Waals surface area contributed by atoms with Crippen LogP contribution in [0.1, 0.15) is 45.4 Å². The molecule has 1 saturated heterocycles. The summed E-state index contributed by atoms with van der Waals surface area (Å²) < 4.78 is 8.15. The lowest BCUT2D eigenvalue weighted by Gasteiger charge is -2.42. The fourth-order valence-corrected chi connectivity index (χ4v) is 5.98. The lowest BCUT2D eigenvalue weighted by molar-refractivity contribution is -0.146. The number of aromatic nitrogens is 2. The highest BCUT2D eigenvalue weighted by molar-refractivity contribution is 5.83. The molecule has 3 aliphatic rings. The van der Waals surface area contributed by atoms with E-state index in [0.29, 0.717) is 42.8 Å². The van der Waals surface area contributed by atoms with E-state index < -0.39 is 0 Å². The lowest BCUT2D eigenvalue weighted by Crippen LogP contribution is -2.57. The third-order valence-corrected chi connectivity index (χ3v) is 8.33. The largest absolute Gasteiger partial charge is 0.466 e. The first-order valence-corrected chi connectivity index (χ1v) is 13.4. The molecule has 3 fully saturated rings. The van der Waals surface area contributed by atoms with Crippen LogP contribution >= 0.6 is 0 Å². The van der Waals surface area contributed by atoms with E-state index in [1.807, 2.05) is 16.7 Å². The molecular formula is C28H36N4O5. The summed E-state index contributed by atoms with van der Waals surface area (Å²) in [7, 11) is 1.67. The summed E-state index contributed by atoms with van der Waals surface area (Å²) in [6.45, 7) is 7.75. The van der Waals surface area contributed by atoms with Gasteiger partial charge in [-0.15, -0.1) is 0 Å². The molecule has 9 heteroatoms. The highest BCUT2D eigenvalue weighted by Gasteiger charge is 2.39. The topological polar surface area (TPSA) is 93.8 Å². The van der Waals surface area contributed by atoms with Crippen LogP contribution in [0.15, 0.2) is 40.6 Å². The zero-order valence-electron chi connectivity index (χ0n) is 21.7. The minimum atomic E-state index is -0.333. The molecule has 2 heterocycles. The molecule has 2 amide bonds. The zero-order valence-corrected chi connectivity index (χ0v) is 21.7. The second-order valence-electron chi connectivity index (χ2n) is 10.9. The summed E-state index contributed by atoms with van der Waals surface area (Å²) in [4.78, 5) is 55.9. The predicted octanol–water partition coefficient (Wildman–Crippen LogP) is 2.50. The van der Waals surface area contributed by atoms with Gasteiger partial charge >= 0.3 is 5.69 Å². The average molecular weight is 509 g/mol. The van der Waals surface area contributed by atoms with Crippen LogP contribution in [0.25, 0.3) is 10.9 Å². The molecule has 2 saturated carbocycles. The molecule has 2 aliphatic carbocycles. The van der Waals surface area contributed by atoms with Gasteiger partial charge < -0.3 is 14.5 Å². The molecule has 9 nitrogen and oxygen atoms in total. The van der Waals surface area contributed by atoms with Gasteiger partial charge in [0.2, 0.25) is 11.8 Å². The number of aryl methyl sites for hydroxylation is 1. The molecule has 37 heavy (non-hydrogen) atoms. The van der Waals surface area contributed by atoms with Crippen molar-refractivity contribution in [3.63, 3.8) is 0 Å². The smallest absolute Gasteiger partial charge is 0.331 e. The van der Waals surface area contributed by atoms with Crippen molar-refractivity contribution in [1.29, 1.82) is 0 Å². The Hall–Kier alpha value is -3.36. The Morgan fingerprint density at radius 1 is 1.03 bits per heavy atom. The first kappa shape index (κ1) is 25.3. The summed E-state index contributed by atoms with van der Waals surface area (Å²) in [5.74, 6) is 1.25. The first-order chi connectivity index (χ1) is 17.8. The Bertz CT molecular complexity index is 1330. The summed E-state index contributed by atoms with van der Waals surface area (Å²) in [6.07, 6.45) is 6.37. The van der Waals surface area contributed by atoms with Crippen LogP contribution in [0, 0.1) is 17.8 Å². The molecule has 2 aromatic rings. The summed E-state index contributed by atoms with van der Waals surface area (Å²) in [5.41, 5.74) is -0.0937. The van der Waals surface area contributed by atoms with Gasteiger partial charge in [-0.3, -0.25) is 23.5 Å². The predicted molar refractivity (Wildman–Crippen MR) is 140 cm³/mol. The number of rotatable bonds is 6. The molecule has 0 N–H and O–H groups in total. The Kier molecular flexibility index (Phi) is 6.96. The van der Waals surface area contributed by atoms with Crippen LogP contribution in [0.5, 0.6) is 5.75 Å². The summed E-state index contributed by atoms with van der Waals surface area (Å²) >= 11 is 0. The van der Waals surface area contributed by atoms with E-state index in [1.54, 1.807) is 25.2 Å². The summed E-state index contributed by atoms with van der Waals surface area (Å²) in [5, 5.41) is 0.429.